The molecule has 0 spiro atoms. The SMILES string of the molecule is COc1cc2nc(N3CCN(C(=O)c4ccco4)CC3)nc(Nc3cccc(OCC(O)CNC(C)C)c3)c2cc1OC.Cl.Cl.Cl. The van der Waals surface area contributed by atoms with Gasteiger partial charge >= 0.3 is 0 Å². The third kappa shape index (κ3) is 9.43. The fraction of sp³-hybridized carbons (Fsp3) is 0.387. The van der Waals surface area contributed by atoms with Crippen molar-refractivity contribution in [1.82, 2.24) is 20.2 Å². The Labute approximate surface area is 287 Å². The maximum absolute atomic E-state index is 12.8. The molecule has 3 heterocycles. The Kier molecular flexibility index (Phi) is 15.0. The first kappa shape index (κ1) is 38.5. The number of anilines is 3. The third-order valence-electron chi connectivity index (χ3n) is 7.07. The minimum Gasteiger partial charge on any atom is -0.493 e. The van der Waals surface area contributed by atoms with Gasteiger partial charge in [-0.25, -0.2) is 4.98 Å². The van der Waals surface area contributed by atoms with Gasteiger partial charge in [0.15, 0.2) is 17.3 Å². The van der Waals surface area contributed by atoms with Gasteiger partial charge in [-0.15, -0.1) is 37.2 Å². The standard InChI is InChI=1S/C31H38N6O6.3ClH/c1-20(2)32-18-22(38)19-43-23-8-5-7-21(15-23)33-29-24-16-27(40-3)28(41-4)17-25(24)34-31(35-29)37-12-10-36(11-13-37)30(39)26-9-6-14-42-26;;;/h5-9,14-17,20,22,32,38H,10-13,18-19H2,1-4H3,(H,33,34,35);3*1H. The van der Waals surface area contributed by atoms with E-state index < -0.39 is 6.10 Å². The van der Waals surface area contributed by atoms with Crippen LogP contribution in [0.3, 0.4) is 0 Å². The maximum atomic E-state index is 12.8. The summed E-state index contributed by atoms with van der Waals surface area (Å²) in [7, 11) is 3.17. The molecule has 1 atom stereocenters. The molecule has 4 aromatic rings. The van der Waals surface area contributed by atoms with Crippen molar-refractivity contribution < 1.29 is 28.5 Å². The molecule has 0 bridgehead atoms. The van der Waals surface area contributed by atoms with Crippen LogP contribution in [0, 0.1) is 0 Å². The molecule has 2 aromatic heterocycles. The minimum absolute atomic E-state index is 0. The molecule has 1 aliphatic heterocycles. The molecule has 15 heteroatoms. The number of hydrogen-bond donors (Lipinski definition) is 3. The minimum atomic E-state index is -0.635. The number of halogens is 3. The molecule has 1 saturated heterocycles. The smallest absolute Gasteiger partial charge is 0.289 e. The van der Waals surface area contributed by atoms with E-state index in [-0.39, 0.29) is 55.8 Å². The molecule has 1 amide bonds. The first-order valence-corrected chi connectivity index (χ1v) is 14.3. The first-order valence-electron chi connectivity index (χ1n) is 14.3. The summed E-state index contributed by atoms with van der Waals surface area (Å²) in [6.07, 6.45) is 0.866. The Hall–Kier alpha value is -3.68. The van der Waals surface area contributed by atoms with Gasteiger partial charge in [-0.2, -0.15) is 4.98 Å². The molecule has 0 aliphatic carbocycles. The van der Waals surface area contributed by atoms with Gasteiger partial charge in [-0.3, -0.25) is 4.79 Å². The van der Waals surface area contributed by atoms with Crippen LogP contribution < -0.4 is 29.7 Å². The first-order chi connectivity index (χ1) is 20.8. The Morgan fingerprint density at radius 3 is 2.35 bits per heavy atom. The molecule has 46 heavy (non-hydrogen) atoms. The molecule has 5 rings (SSSR count). The van der Waals surface area contributed by atoms with Crippen LogP contribution in [0.15, 0.2) is 59.2 Å². The molecule has 0 radical (unpaired) electrons. The number of rotatable bonds is 12. The molecule has 12 nitrogen and oxygen atoms in total. The van der Waals surface area contributed by atoms with Crippen LogP contribution >= 0.6 is 37.2 Å². The average molecular weight is 700 g/mol. The van der Waals surface area contributed by atoms with Gasteiger partial charge < -0.3 is 44.2 Å². The number of aliphatic hydroxyl groups excluding tert-OH is 1. The van der Waals surface area contributed by atoms with Gasteiger partial charge in [0.1, 0.15) is 24.3 Å². The lowest BCUT2D eigenvalue weighted by Gasteiger charge is -2.34. The number of furan rings is 1. The third-order valence-corrected chi connectivity index (χ3v) is 7.07. The van der Waals surface area contributed by atoms with E-state index in [1.165, 1.54) is 6.26 Å². The van der Waals surface area contributed by atoms with Crippen LogP contribution in [0.25, 0.3) is 10.9 Å². The zero-order chi connectivity index (χ0) is 30.3. The number of amides is 1. The van der Waals surface area contributed by atoms with Crippen molar-refractivity contribution >= 4 is 71.5 Å². The van der Waals surface area contributed by atoms with Crippen molar-refractivity contribution in [1.29, 1.82) is 0 Å². The van der Waals surface area contributed by atoms with Crippen LogP contribution in [-0.2, 0) is 0 Å². The number of ether oxygens (including phenoxy) is 3. The summed E-state index contributed by atoms with van der Waals surface area (Å²) in [5, 5.41) is 17.6. The summed E-state index contributed by atoms with van der Waals surface area (Å²) in [5.41, 5.74) is 1.43. The monoisotopic (exact) mass is 698 g/mol. The number of aliphatic hydroxyl groups is 1. The van der Waals surface area contributed by atoms with Gasteiger partial charge in [0, 0.05) is 62.0 Å². The van der Waals surface area contributed by atoms with Crippen molar-refractivity contribution in [3.8, 4) is 17.2 Å². The number of benzene rings is 2. The summed E-state index contributed by atoms with van der Waals surface area (Å²) in [4.78, 5) is 26.4. The molecule has 252 valence electrons. The number of methoxy groups -OCH3 is 2. The second-order valence-electron chi connectivity index (χ2n) is 10.5. The number of carbonyl (C=O) groups is 1. The summed E-state index contributed by atoms with van der Waals surface area (Å²) in [6, 6.07) is 14.8. The number of piperazine rings is 1. The van der Waals surface area contributed by atoms with Crippen molar-refractivity contribution in [2.45, 2.75) is 26.0 Å². The number of fused-ring (bicyclic) bond motifs is 1. The van der Waals surface area contributed by atoms with Crippen molar-refractivity contribution in [3.05, 3.63) is 60.6 Å². The largest absolute Gasteiger partial charge is 0.493 e. The van der Waals surface area contributed by atoms with Gasteiger partial charge in [0.05, 0.1) is 26.0 Å². The molecule has 1 aliphatic rings. The van der Waals surface area contributed by atoms with Crippen LogP contribution in [-0.4, -0.2) is 91.6 Å². The molecular formula is C31H41Cl3N6O6. The zero-order valence-electron chi connectivity index (χ0n) is 26.1. The van der Waals surface area contributed by atoms with Crippen LogP contribution in [0.4, 0.5) is 17.5 Å². The number of aromatic nitrogens is 2. The topological polar surface area (TPSA) is 134 Å². The molecule has 1 unspecified atom stereocenters. The van der Waals surface area contributed by atoms with Crippen molar-refractivity contribution in [2.75, 3.05) is 63.8 Å². The summed E-state index contributed by atoms with van der Waals surface area (Å²) in [6.45, 7) is 6.79. The van der Waals surface area contributed by atoms with Crippen LogP contribution in [0.1, 0.15) is 24.4 Å². The summed E-state index contributed by atoms with van der Waals surface area (Å²) < 4.78 is 22.3. The van der Waals surface area contributed by atoms with E-state index in [0.29, 0.717) is 73.0 Å². The predicted molar refractivity (Wildman–Crippen MR) is 186 cm³/mol. The van der Waals surface area contributed by atoms with E-state index in [9.17, 15) is 9.90 Å². The highest BCUT2D eigenvalue weighted by Crippen LogP contribution is 2.36. The van der Waals surface area contributed by atoms with Crippen molar-refractivity contribution in [2.24, 2.45) is 0 Å². The normalized spacial score (nSPS) is 13.3. The highest BCUT2D eigenvalue weighted by Gasteiger charge is 2.26. The quantitative estimate of drug-likeness (QED) is 0.186. The Bertz CT molecular complexity index is 1540. The number of carbonyl (C=O) groups excluding carboxylic acids is 1. The van der Waals surface area contributed by atoms with Gasteiger partial charge in [-0.05, 0) is 30.3 Å². The van der Waals surface area contributed by atoms with E-state index in [0.717, 1.165) is 11.1 Å². The Balaban J connectivity index is 0.00000245. The fourth-order valence-electron chi connectivity index (χ4n) is 4.77. The maximum Gasteiger partial charge on any atom is 0.289 e. The molecule has 1 fully saturated rings. The van der Waals surface area contributed by atoms with E-state index in [1.54, 1.807) is 31.3 Å². The van der Waals surface area contributed by atoms with Gasteiger partial charge in [0.25, 0.3) is 5.91 Å². The summed E-state index contributed by atoms with van der Waals surface area (Å²) in [5.74, 6) is 3.03. The van der Waals surface area contributed by atoms with E-state index in [1.807, 2.05) is 50.2 Å². The molecule has 2 aromatic carbocycles. The summed E-state index contributed by atoms with van der Waals surface area (Å²) >= 11 is 0. The lowest BCUT2D eigenvalue weighted by Crippen LogP contribution is -2.49. The number of nitrogens with zero attached hydrogens (tertiary/aromatic N) is 4. The highest BCUT2D eigenvalue weighted by atomic mass is 35.5. The van der Waals surface area contributed by atoms with E-state index in [2.05, 4.69) is 15.5 Å². The van der Waals surface area contributed by atoms with Gasteiger partial charge in [-0.1, -0.05) is 19.9 Å². The predicted octanol–water partition coefficient (Wildman–Crippen LogP) is 4.95. The van der Waals surface area contributed by atoms with Crippen LogP contribution in [0.5, 0.6) is 17.2 Å². The number of nitrogens with one attached hydrogen (secondary N) is 2. The highest BCUT2D eigenvalue weighted by molar-refractivity contribution is 5.94. The van der Waals surface area contributed by atoms with Crippen molar-refractivity contribution in [3.63, 3.8) is 0 Å². The lowest BCUT2D eigenvalue weighted by molar-refractivity contribution is 0.0714. The van der Waals surface area contributed by atoms with E-state index >= 15 is 0 Å². The molecule has 0 saturated carbocycles. The average Bonchev–Trinajstić information content (AvgIpc) is 3.57. The second kappa shape index (κ2) is 17.9. The van der Waals surface area contributed by atoms with Crippen LogP contribution in [0.2, 0.25) is 0 Å². The fourth-order valence-corrected chi connectivity index (χ4v) is 4.77. The molecule has 3 N–H and O–H groups in total. The number of hydrogen-bond acceptors (Lipinski definition) is 11. The molecular weight excluding hydrogens is 659 g/mol. The Morgan fingerprint density at radius 1 is 0.978 bits per heavy atom. The second-order valence-corrected chi connectivity index (χ2v) is 10.5. The Morgan fingerprint density at radius 2 is 1.70 bits per heavy atom. The van der Waals surface area contributed by atoms with Gasteiger partial charge in [0.2, 0.25) is 5.95 Å². The zero-order valence-corrected chi connectivity index (χ0v) is 28.5. The van der Waals surface area contributed by atoms with E-state index in [4.69, 9.17) is 28.6 Å². The lowest BCUT2D eigenvalue weighted by atomic mass is 10.2.